The minimum Gasteiger partial charge on any atom is -0.332 e. The summed E-state index contributed by atoms with van der Waals surface area (Å²) in [6.07, 6.45) is 1.44. The van der Waals surface area contributed by atoms with E-state index in [1.807, 2.05) is 13.8 Å². The molecule has 128 valence electrons. The predicted octanol–water partition coefficient (Wildman–Crippen LogP) is 3.77. The fourth-order valence-electron chi connectivity index (χ4n) is 2.55. The first-order valence-electron chi connectivity index (χ1n) is 7.68. The average Bonchev–Trinajstić information content (AvgIpc) is 2.58. The maximum atomic E-state index is 13.8. The maximum absolute atomic E-state index is 13.8. The lowest BCUT2D eigenvalue weighted by atomic mass is 10.1. The summed E-state index contributed by atoms with van der Waals surface area (Å²) < 4.78 is 15.5. The SMILES string of the molecule is CCn1cc(C(=O)Nc2cc(Cl)ccc2F)c(=O)c2ccc(C)nc21. The van der Waals surface area contributed by atoms with Crippen molar-refractivity contribution in [1.29, 1.82) is 0 Å². The molecule has 1 amide bonds. The average molecular weight is 360 g/mol. The van der Waals surface area contributed by atoms with Gasteiger partial charge < -0.3 is 9.88 Å². The molecule has 0 fully saturated rings. The van der Waals surface area contributed by atoms with Gasteiger partial charge >= 0.3 is 0 Å². The summed E-state index contributed by atoms with van der Waals surface area (Å²) in [5.74, 6) is -1.33. The summed E-state index contributed by atoms with van der Waals surface area (Å²) in [5.41, 5.74) is 0.666. The monoisotopic (exact) mass is 359 g/mol. The summed E-state index contributed by atoms with van der Waals surface area (Å²) in [7, 11) is 0. The summed E-state index contributed by atoms with van der Waals surface area (Å²) in [4.78, 5) is 29.6. The number of anilines is 1. The summed E-state index contributed by atoms with van der Waals surface area (Å²) in [6.45, 7) is 4.23. The number of nitrogens with zero attached hydrogens (tertiary/aromatic N) is 2. The molecule has 0 aliphatic carbocycles. The van der Waals surface area contributed by atoms with Crippen LogP contribution in [0.3, 0.4) is 0 Å². The fraction of sp³-hybridized carbons (Fsp3) is 0.167. The molecule has 5 nitrogen and oxygen atoms in total. The molecule has 2 aromatic heterocycles. The van der Waals surface area contributed by atoms with Crippen LogP contribution in [-0.4, -0.2) is 15.5 Å². The predicted molar refractivity (Wildman–Crippen MR) is 95.8 cm³/mol. The second-order valence-corrected chi connectivity index (χ2v) is 6.00. The topological polar surface area (TPSA) is 64.0 Å². The van der Waals surface area contributed by atoms with E-state index in [1.165, 1.54) is 18.3 Å². The van der Waals surface area contributed by atoms with Crippen molar-refractivity contribution >= 4 is 34.2 Å². The van der Waals surface area contributed by atoms with E-state index in [0.29, 0.717) is 17.6 Å². The van der Waals surface area contributed by atoms with E-state index < -0.39 is 17.2 Å². The Morgan fingerprint density at radius 3 is 2.80 bits per heavy atom. The minimum absolute atomic E-state index is 0.0814. The Balaban J connectivity index is 2.10. The zero-order chi connectivity index (χ0) is 18.1. The Morgan fingerprint density at radius 2 is 2.08 bits per heavy atom. The number of fused-ring (bicyclic) bond motifs is 1. The van der Waals surface area contributed by atoms with Crippen LogP contribution in [0.1, 0.15) is 23.0 Å². The molecular weight excluding hydrogens is 345 g/mol. The Bertz CT molecular complexity index is 1050. The molecule has 25 heavy (non-hydrogen) atoms. The number of hydrogen-bond acceptors (Lipinski definition) is 3. The Hall–Kier alpha value is -2.73. The van der Waals surface area contributed by atoms with Crippen molar-refractivity contribution in [1.82, 2.24) is 9.55 Å². The molecule has 2 heterocycles. The van der Waals surface area contributed by atoms with Gasteiger partial charge in [-0.3, -0.25) is 9.59 Å². The maximum Gasteiger partial charge on any atom is 0.261 e. The third kappa shape index (κ3) is 3.25. The Kier molecular flexibility index (Phi) is 4.55. The molecule has 0 saturated carbocycles. The highest BCUT2D eigenvalue weighted by atomic mass is 35.5. The van der Waals surface area contributed by atoms with Crippen LogP contribution in [0.4, 0.5) is 10.1 Å². The largest absolute Gasteiger partial charge is 0.332 e. The van der Waals surface area contributed by atoms with E-state index in [0.717, 1.165) is 11.8 Å². The lowest BCUT2D eigenvalue weighted by molar-refractivity contribution is 0.102. The molecule has 3 aromatic rings. The molecule has 1 N–H and O–H groups in total. The minimum atomic E-state index is -0.698. The number of halogens is 2. The lowest BCUT2D eigenvalue weighted by Crippen LogP contribution is -2.24. The number of aromatic nitrogens is 2. The number of carbonyl (C=O) groups is 1. The van der Waals surface area contributed by atoms with Crippen LogP contribution in [0, 0.1) is 12.7 Å². The van der Waals surface area contributed by atoms with Gasteiger partial charge in [0.1, 0.15) is 17.0 Å². The molecule has 0 bridgehead atoms. The van der Waals surface area contributed by atoms with Crippen molar-refractivity contribution in [3.63, 3.8) is 0 Å². The van der Waals surface area contributed by atoms with Crippen LogP contribution < -0.4 is 10.7 Å². The van der Waals surface area contributed by atoms with Crippen LogP contribution >= 0.6 is 11.6 Å². The van der Waals surface area contributed by atoms with Gasteiger partial charge in [-0.1, -0.05) is 11.6 Å². The fourth-order valence-corrected chi connectivity index (χ4v) is 2.72. The standard InChI is InChI=1S/C18H15ClFN3O2/c1-3-23-9-13(16(24)12-6-4-10(2)21-17(12)23)18(25)22-15-8-11(19)5-7-14(15)20/h4-9H,3H2,1-2H3,(H,22,25). The molecule has 0 aliphatic heterocycles. The number of hydrogen-bond donors (Lipinski definition) is 1. The van der Waals surface area contributed by atoms with E-state index in [-0.39, 0.29) is 16.3 Å². The molecule has 7 heteroatoms. The molecule has 0 aliphatic rings. The first-order valence-corrected chi connectivity index (χ1v) is 8.05. The van der Waals surface area contributed by atoms with Gasteiger partial charge in [0, 0.05) is 23.5 Å². The van der Waals surface area contributed by atoms with Gasteiger partial charge in [-0.25, -0.2) is 9.37 Å². The van der Waals surface area contributed by atoms with E-state index in [2.05, 4.69) is 10.3 Å². The van der Waals surface area contributed by atoms with Crippen molar-refractivity contribution in [3.05, 3.63) is 68.8 Å². The second kappa shape index (κ2) is 6.64. The van der Waals surface area contributed by atoms with E-state index in [9.17, 15) is 14.0 Å². The molecular formula is C18H15ClFN3O2. The molecule has 0 spiro atoms. The van der Waals surface area contributed by atoms with Gasteiger partial charge in [-0.2, -0.15) is 0 Å². The van der Waals surface area contributed by atoms with Gasteiger partial charge in [-0.15, -0.1) is 0 Å². The van der Waals surface area contributed by atoms with Crippen LogP contribution in [0.2, 0.25) is 5.02 Å². The normalized spacial score (nSPS) is 10.9. The van der Waals surface area contributed by atoms with Crippen molar-refractivity contribution in [2.45, 2.75) is 20.4 Å². The number of nitrogens with one attached hydrogen (secondary N) is 1. The highest BCUT2D eigenvalue weighted by Crippen LogP contribution is 2.20. The molecule has 0 saturated heterocycles. The van der Waals surface area contributed by atoms with Crippen molar-refractivity contribution in [2.24, 2.45) is 0 Å². The highest BCUT2D eigenvalue weighted by Gasteiger charge is 2.17. The molecule has 0 atom stereocenters. The van der Waals surface area contributed by atoms with Crippen LogP contribution in [0.5, 0.6) is 0 Å². The number of benzene rings is 1. The summed E-state index contributed by atoms with van der Waals surface area (Å²) >= 11 is 5.83. The number of pyridine rings is 2. The smallest absolute Gasteiger partial charge is 0.261 e. The number of aryl methyl sites for hydroxylation is 2. The number of carbonyl (C=O) groups excluding carboxylic acids is 1. The number of rotatable bonds is 3. The van der Waals surface area contributed by atoms with Crippen molar-refractivity contribution < 1.29 is 9.18 Å². The van der Waals surface area contributed by atoms with Gasteiger partial charge in [0.2, 0.25) is 5.43 Å². The zero-order valence-corrected chi connectivity index (χ0v) is 14.4. The van der Waals surface area contributed by atoms with Crippen LogP contribution in [-0.2, 0) is 6.54 Å². The van der Waals surface area contributed by atoms with Gasteiger partial charge in [0.25, 0.3) is 5.91 Å². The van der Waals surface area contributed by atoms with E-state index in [1.54, 1.807) is 16.7 Å². The lowest BCUT2D eigenvalue weighted by Gasteiger charge is -2.12. The first kappa shape index (κ1) is 17.1. The van der Waals surface area contributed by atoms with Gasteiger partial charge in [0.05, 0.1) is 11.1 Å². The Morgan fingerprint density at radius 1 is 1.32 bits per heavy atom. The van der Waals surface area contributed by atoms with E-state index in [4.69, 9.17) is 11.6 Å². The van der Waals surface area contributed by atoms with Gasteiger partial charge in [0.15, 0.2) is 0 Å². The van der Waals surface area contributed by atoms with Gasteiger partial charge in [-0.05, 0) is 44.2 Å². The van der Waals surface area contributed by atoms with Crippen molar-refractivity contribution in [2.75, 3.05) is 5.32 Å². The van der Waals surface area contributed by atoms with Crippen LogP contribution in [0.25, 0.3) is 11.0 Å². The van der Waals surface area contributed by atoms with E-state index >= 15 is 0 Å². The second-order valence-electron chi connectivity index (χ2n) is 5.56. The van der Waals surface area contributed by atoms with Crippen LogP contribution in [0.15, 0.2) is 41.3 Å². The van der Waals surface area contributed by atoms with Crippen molar-refractivity contribution in [3.8, 4) is 0 Å². The quantitative estimate of drug-likeness (QED) is 0.774. The third-order valence-electron chi connectivity index (χ3n) is 3.82. The zero-order valence-electron chi connectivity index (χ0n) is 13.6. The highest BCUT2D eigenvalue weighted by molar-refractivity contribution is 6.31. The summed E-state index contributed by atoms with van der Waals surface area (Å²) in [5, 5.41) is 3.02. The molecule has 0 unspecified atom stereocenters. The molecule has 1 aromatic carbocycles. The molecule has 3 rings (SSSR count). The third-order valence-corrected chi connectivity index (χ3v) is 4.06. The number of amides is 1. The first-order chi connectivity index (χ1) is 11.9. The summed E-state index contributed by atoms with van der Waals surface area (Å²) in [6, 6.07) is 7.17. The molecule has 0 radical (unpaired) electrons. The Labute approximate surface area is 148 Å².